The van der Waals surface area contributed by atoms with Crippen molar-refractivity contribution in [3.05, 3.63) is 11.6 Å². The van der Waals surface area contributed by atoms with Crippen LogP contribution < -0.4 is 5.32 Å². The number of rotatable bonds is 2. The van der Waals surface area contributed by atoms with Crippen LogP contribution >= 0.6 is 0 Å². The molecular formula is C12H19F3N2. The molecule has 2 nitrogen and oxygen atoms in total. The summed E-state index contributed by atoms with van der Waals surface area (Å²) in [5.74, 6) is 0.628. The smallest absolute Gasteiger partial charge is 0.312 e. The lowest BCUT2D eigenvalue weighted by molar-refractivity contribution is -0.0960. The second-order valence-electron chi connectivity index (χ2n) is 5.06. The monoisotopic (exact) mass is 248 g/mol. The van der Waals surface area contributed by atoms with Gasteiger partial charge in [-0.25, -0.2) is 0 Å². The van der Waals surface area contributed by atoms with Crippen LogP contribution in [0.5, 0.6) is 0 Å². The molecule has 1 fully saturated rings. The van der Waals surface area contributed by atoms with Crippen LogP contribution in [0.1, 0.15) is 19.8 Å². The van der Waals surface area contributed by atoms with E-state index >= 15 is 0 Å². The first-order valence-corrected chi connectivity index (χ1v) is 6.19. The number of nitrogens with one attached hydrogen (secondary N) is 1. The van der Waals surface area contributed by atoms with Crippen LogP contribution in [0.2, 0.25) is 0 Å². The van der Waals surface area contributed by atoms with E-state index < -0.39 is 6.18 Å². The Kier molecular flexibility index (Phi) is 3.78. The van der Waals surface area contributed by atoms with Crippen LogP contribution in [0.25, 0.3) is 0 Å². The van der Waals surface area contributed by atoms with Gasteiger partial charge in [0.1, 0.15) is 0 Å². The minimum absolute atomic E-state index is 0.130. The van der Waals surface area contributed by atoms with Gasteiger partial charge in [0.25, 0.3) is 0 Å². The molecule has 0 aliphatic carbocycles. The van der Waals surface area contributed by atoms with E-state index in [1.807, 2.05) is 0 Å². The number of halogens is 3. The largest absolute Gasteiger partial charge is 0.412 e. The molecule has 0 aromatic carbocycles. The third-order valence-electron chi connectivity index (χ3n) is 3.81. The van der Waals surface area contributed by atoms with Gasteiger partial charge in [-0.05, 0) is 25.3 Å². The highest BCUT2D eigenvalue weighted by Crippen LogP contribution is 2.30. The fourth-order valence-corrected chi connectivity index (χ4v) is 2.56. The number of hydrogen-bond donors (Lipinski definition) is 1. The van der Waals surface area contributed by atoms with Crippen molar-refractivity contribution in [3.8, 4) is 0 Å². The molecule has 0 aromatic rings. The Labute approximate surface area is 99.9 Å². The van der Waals surface area contributed by atoms with Crippen LogP contribution in [0.4, 0.5) is 13.2 Å². The SMILES string of the molecule is CC1CCNC1CN1CC=C(C(F)(F)F)CC1. The number of nitrogens with zero attached hydrogens (tertiary/aromatic N) is 1. The van der Waals surface area contributed by atoms with Gasteiger partial charge in [0.15, 0.2) is 0 Å². The molecule has 2 heterocycles. The lowest BCUT2D eigenvalue weighted by Crippen LogP contribution is -2.42. The Morgan fingerprint density at radius 1 is 1.47 bits per heavy atom. The number of hydrogen-bond acceptors (Lipinski definition) is 2. The Bertz CT molecular complexity index is 299. The van der Waals surface area contributed by atoms with Crippen LogP contribution in [0, 0.1) is 5.92 Å². The molecule has 0 amide bonds. The van der Waals surface area contributed by atoms with E-state index in [1.54, 1.807) is 0 Å². The minimum atomic E-state index is -4.13. The van der Waals surface area contributed by atoms with Gasteiger partial charge in [-0.3, -0.25) is 4.90 Å². The zero-order valence-corrected chi connectivity index (χ0v) is 10.1. The summed E-state index contributed by atoms with van der Waals surface area (Å²) in [6.07, 6.45) is -1.50. The van der Waals surface area contributed by atoms with E-state index in [0.717, 1.165) is 13.1 Å². The molecule has 2 rings (SSSR count). The molecule has 2 atom stereocenters. The second kappa shape index (κ2) is 4.98. The first-order valence-electron chi connectivity index (χ1n) is 6.19. The predicted molar refractivity (Wildman–Crippen MR) is 60.8 cm³/mol. The Hall–Kier alpha value is -0.550. The Morgan fingerprint density at radius 2 is 2.24 bits per heavy atom. The molecule has 2 aliphatic heterocycles. The van der Waals surface area contributed by atoms with E-state index in [1.165, 1.54) is 12.5 Å². The highest BCUT2D eigenvalue weighted by molar-refractivity contribution is 5.13. The van der Waals surface area contributed by atoms with Crippen molar-refractivity contribution >= 4 is 0 Å². The maximum atomic E-state index is 12.4. The quantitative estimate of drug-likeness (QED) is 0.753. The molecule has 1 saturated heterocycles. The molecule has 0 saturated carbocycles. The summed E-state index contributed by atoms with van der Waals surface area (Å²) in [7, 11) is 0. The molecule has 0 spiro atoms. The highest BCUT2D eigenvalue weighted by Gasteiger charge is 2.35. The van der Waals surface area contributed by atoms with E-state index in [-0.39, 0.29) is 12.0 Å². The first kappa shape index (κ1) is 12.9. The molecular weight excluding hydrogens is 229 g/mol. The third-order valence-corrected chi connectivity index (χ3v) is 3.81. The first-order chi connectivity index (χ1) is 7.97. The Balaban J connectivity index is 1.85. The molecule has 2 aliphatic rings. The van der Waals surface area contributed by atoms with Gasteiger partial charge in [-0.1, -0.05) is 13.0 Å². The van der Waals surface area contributed by atoms with E-state index in [2.05, 4.69) is 17.1 Å². The van der Waals surface area contributed by atoms with E-state index in [9.17, 15) is 13.2 Å². The summed E-state index contributed by atoms with van der Waals surface area (Å²) in [6.45, 7) is 5.05. The third kappa shape index (κ3) is 3.22. The van der Waals surface area contributed by atoms with Gasteiger partial charge in [-0.15, -0.1) is 0 Å². The van der Waals surface area contributed by atoms with Gasteiger partial charge in [0.05, 0.1) is 0 Å². The summed E-state index contributed by atoms with van der Waals surface area (Å²) >= 11 is 0. The van der Waals surface area contributed by atoms with Gasteiger partial charge in [-0.2, -0.15) is 13.2 Å². The predicted octanol–water partition coefficient (Wildman–Crippen LogP) is 2.18. The lowest BCUT2D eigenvalue weighted by atomic mass is 10.0. The summed E-state index contributed by atoms with van der Waals surface area (Å²) in [4.78, 5) is 2.11. The zero-order valence-electron chi connectivity index (χ0n) is 10.1. The minimum Gasteiger partial charge on any atom is -0.312 e. The molecule has 1 N–H and O–H groups in total. The fourth-order valence-electron chi connectivity index (χ4n) is 2.56. The van der Waals surface area contributed by atoms with Crippen molar-refractivity contribution in [2.24, 2.45) is 5.92 Å². The van der Waals surface area contributed by atoms with Crippen LogP contribution in [-0.4, -0.2) is 43.3 Å². The van der Waals surface area contributed by atoms with E-state index in [4.69, 9.17) is 0 Å². The summed E-state index contributed by atoms with van der Waals surface area (Å²) in [6, 6.07) is 0.441. The standard InChI is InChI=1S/C12H19F3N2/c1-9-2-5-16-11(9)8-17-6-3-10(4-7-17)12(13,14)15/h3,9,11,16H,2,4-8H2,1H3. The van der Waals surface area contributed by atoms with Gasteiger partial charge >= 0.3 is 6.18 Å². The molecule has 2 unspecified atom stereocenters. The van der Waals surface area contributed by atoms with Crippen LogP contribution in [-0.2, 0) is 0 Å². The van der Waals surface area contributed by atoms with E-state index in [0.29, 0.717) is 25.0 Å². The average molecular weight is 248 g/mol. The van der Waals surface area contributed by atoms with Crippen LogP contribution in [0.15, 0.2) is 11.6 Å². The number of alkyl halides is 3. The van der Waals surface area contributed by atoms with Crippen molar-refractivity contribution < 1.29 is 13.2 Å². The fraction of sp³-hybridized carbons (Fsp3) is 0.833. The maximum absolute atomic E-state index is 12.4. The molecule has 0 aromatic heterocycles. The highest BCUT2D eigenvalue weighted by atomic mass is 19.4. The summed E-state index contributed by atoms with van der Waals surface area (Å²) in [5.41, 5.74) is -0.360. The Morgan fingerprint density at radius 3 is 2.71 bits per heavy atom. The topological polar surface area (TPSA) is 15.3 Å². The van der Waals surface area contributed by atoms with Crippen molar-refractivity contribution in [3.63, 3.8) is 0 Å². The molecule has 98 valence electrons. The molecule has 17 heavy (non-hydrogen) atoms. The summed E-state index contributed by atoms with van der Waals surface area (Å²) < 4.78 is 37.3. The zero-order chi connectivity index (χ0) is 12.5. The van der Waals surface area contributed by atoms with Gasteiger partial charge in [0.2, 0.25) is 0 Å². The van der Waals surface area contributed by atoms with Crippen molar-refractivity contribution in [2.45, 2.75) is 32.0 Å². The average Bonchev–Trinajstić information content (AvgIpc) is 2.64. The lowest BCUT2D eigenvalue weighted by Gasteiger charge is -2.30. The van der Waals surface area contributed by atoms with Gasteiger partial charge in [0, 0.05) is 31.2 Å². The van der Waals surface area contributed by atoms with Crippen molar-refractivity contribution in [1.82, 2.24) is 10.2 Å². The molecule has 0 radical (unpaired) electrons. The molecule has 5 heteroatoms. The summed E-state index contributed by atoms with van der Waals surface area (Å²) in [5, 5.41) is 3.41. The van der Waals surface area contributed by atoms with Crippen molar-refractivity contribution in [2.75, 3.05) is 26.2 Å². The maximum Gasteiger partial charge on any atom is 0.412 e. The van der Waals surface area contributed by atoms with Crippen LogP contribution in [0.3, 0.4) is 0 Å². The molecule has 0 bridgehead atoms. The van der Waals surface area contributed by atoms with Crippen molar-refractivity contribution in [1.29, 1.82) is 0 Å². The second-order valence-corrected chi connectivity index (χ2v) is 5.06. The normalized spacial score (nSPS) is 31.6. The van der Waals surface area contributed by atoms with Gasteiger partial charge < -0.3 is 5.32 Å².